The van der Waals surface area contributed by atoms with Crippen molar-refractivity contribution in [3.8, 4) is 0 Å². The van der Waals surface area contributed by atoms with Crippen LogP contribution < -0.4 is 5.11 Å². The second-order valence-electron chi connectivity index (χ2n) is 19.1. The zero-order valence-corrected chi connectivity index (χ0v) is 42.9. The van der Waals surface area contributed by atoms with Crippen molar-refractivity contribution in [1.29, 1.82) is 0 Å². The summed E-state index contributed by atoms with van der Waals surface area (Å²) in [6.45, 7) is 4.63. The number of quaternary nitrogens is 1. The maximum atomic E-state index is 12.8. The highest BCUT2D eigenvalue weighted by atomic mass is 16.6. The van der Waals surface area contributed by atoms with Gasteiger partial charge in [-0.2, -0.15) is 0 Å². The van der Waals surface area contributed by atoms with Crippen LogP contribution in [0.4, 0.5) is 0 Å². The Morgan fingerprint density at radius 3 is 1.25 bits per heavy atom. The van der Waals surface area contributed by atoms with Gasteiger partial charge in [0.15, 0.2) is 6.10 Å². The molecule has 8 nitrogen and oxygen atoms in total. The third kappa shape index (κ3) is 46.0. The number of carbonyl (C=O) groups excluding carboxylic acids is 3. The molecule has 2 atom stereocenters. The van der Waals surface area contributed by atoms with Gasteiger partial charge in [-0.25, -0.2) is 0 Å². The summed E-state index contributed by atoms with van der Waals surface area (Å²) in [6.07, 6.45) is 59.6. The fourth-order valence-electron chi connectivity index (χ4n) is 7.70. The number of hydrogen-bond acceptors (Lipinski definition) is 7. The van der Waals surface area contributed by atoms with Crippen LogP contribution in [-0.4, -0.2) is 75.5 Å². The first kappa shape index (κ1) is 62.0. The Balaban J connectivity index is 4.28. The van der Waals surface area contributed by atoms with Crippen LogP contribution in [0, 0.1) is 0 Å². The lowest BCUT2D eigenvalue weighted by Gasteiger charge is -2.34. The summed E-state index contributed by atoms with van der Waals surface area (Å²) < 4.78 is 17.2. The molecule has 0 bridgehead atoms. The number of carboxylic acid groups (broad SMARTS) is 1. The zero-order valence-electron chi connectivity index (χ0n) is 42.9. The van der Waals surface area contributed by atoms with Gasteiger partial charge < -0.3 is 28.6 Å². The lowest BCUT2D eigenvalue weighted by molar-refractivity contribution is -0.889. The van der Waals surface area contributed by atoms with Crippen molar-refractivity contribution in [3.63, 3.8) is 0 Å². The van der Waals surface area contributed by atoms with Crippen LogP contribution in [-0.2, 0) is 28.6 Å². The van der Waals surface area contributed by atoms with Gasteiger partial charge in [0.05, 0.1) is 40.3 Å². The number of nitrogens with zero attached hydrogens (tertiary/aromatic N) is 1. The van der Waals surface area contributed by atoms with Crippen LogP contribution >= 0.6 is 0 Å². The minimum Gasteiger partial charge on any atom is -0.544 e. The SMILES string of the molecule is CCCCC/C=C/C/C=C/C/C=C/C/C=C/CCCCCCCC(=O)OC(COCCC(C(=O)[O-])[N+](C)(C)C)COC(=O)CCCCCCCCC/C=C/CCCCCCCCCCC. The fraction of sp³-hybridized carbons (Fsp3) is 0.772. The topological polar surface area (TPSA) is 102 Å². The van der Waals surface area contributed by atoms with Crippen LogP contribution in [0.25, 0.3) is 0 Å². The molecule has 0 spiro atoms. The standard InChI is InChI=1S/C57H101NO7/c1-6-8-10-12-14-16-18-20-22-24-26-28-30-32-34-36-38-40-42-44-46-48-56(60)65-53(51-63-50-49-54(57(61)62)58(3,4)5)52-64-55(59)47-45-43-41-39-37-35-33-31-29-27-25-23-21-19-17-15-13-11-9-7-2/h14,16,20,22,26-29,32,34,53-54H,6-13,15,17-19,21,23-25,30-31,33,35-52H2,1-5H3/b16-14+,22-20+,28-26+,29-27+,34-32+. The molecule has 0 radical (unpaired) electrons. The van der Waals surface area contributed by atoms with Gasteiger partial charge in [0.1, 0.15) is 12.6 Å². The molecule has 2 unspecified atom stereocenters. The van der Waals surface area contributed by atoms with Gasteiger partial charge >= 0.3 is 11.9 Å². The molecule has 376 valence electrons. The number of rotatable bonds is 48. The van der Waals surface area contributed by atoms with Crippen LogP contribution in [0.5, 0.6) is 0 Å². The molecule has 0 saturated heterocycles. The molecule has 65 heavy (non-hydrogen) atoms. The van der Waals surface area contributed by atoms with Gasteiger partial charge in [0, 0.05) is 19.3 Å². The van der Waals surface area contributed by atoms with Gasteiger partial charge in [-0.3, -0.25) is 9.59 Å². The largest absolute Gasteiger partial charge is 0.544 e. The molecular weight excluding hydrogens is 811 g/mol. The first-order valence-corrected chi connectivity index (χ1v) is 26.8. The number of likely N-dealkylation sites (N-methyl/N-ethyl adjacent to an activating group) is 1. The second-order valence-corrected chi connectivity index (χ2v) is 19.1. The fourth-order valence-corrected chi connectivity index (χ4v) is 7.70. The Kier molecular flexibility index (Phi) is 45.3. The molecule has 0 aliphatic heterocycles. The number of hydrogen-bond donors (Lipinski definition) is 0. The predicted octanol–water partition coefficient (Wildman–Crippen LogP) is 14.4. The van der Waals surface area contributed by atoms with Gasteiger partial charge in [0.25, 0.3) is 0 Å². The van der Waals surface area contributed by atoms with Crippen molar-refractivity contribution in [2.45, 2.75) is 244 Å². The molecule has 0 aromatic heterocycles. The van der Waals surface area contributed by atoms with Crippen molar-refractivity contribution >= 4 is 17.9 Å². The number of esters is 2. The Hall–Kier alpha value is -2.97. The van der Waals surface area contributed by atoms with Crippen LogP contribution in [0.2, 0.25) is 0 Å². The number of aliphatic carboxylic acids is 1. The molecule has 0 fully saturated rings. The van der Waals surface area contributed by atoms with E-state index in [0.29, 0.717) is 12.8 Å². The van der Waals surface area contributed by atoms with Crippen molar-refractivity contribution in [3.05, 3.63) is 60.8 Å². The number of ether oxygens (including phenoxy) is 3. The Morgan fingerprint density at radius 2 is 0.815 bits per heavy atom. The van der Waals surface area contributed by atoms with Crippen molar-refractivity contribution < 1.29 is 38.2 Å². The van der Waals surface area contributed by atoms with E-state index in [-0.39, 0.29) is 42.7 Å². The van der Waals surface area contributed by atoms with E-state index < -0.39 is 18.1 Å². The Bertz CT molecular complexity index is 1250. The van der Waals surface area contributed by atoms with Gasteiger partial charge in [-0.15, -0.1) is 0 Å². The van der Waals surface area contributed by atoms with E-state index in [1.165, 1.54) is 122 Å². The second kappa shape index (κ2) is 47.5. The van der Waals surface area contributed by atoms with E-state index in [0.717, 1.165) is 77.0 Å². The van der Waals surface area contributed by atoms with Crippen LogP contribution in [0.15, 0.2) is 60.8 Å². The third-order valence-corrected chi connectivity index (χ3v) is 11.9. The Labute approximate surface area is 400 Å². The number of carbonyl (C=O) groups is 3. The van der Waals surface area contributed by atoms with E-state index in [9.17, 15) is 19.5 Å². The highest BCUT2D eigenvalue weighted by molar-refractivity contribution is 5.70. The van der Waals surface area contributed by atoms with E-state index in [1.54, 1.807) is 21.1 Å². The summed E-state index contributed by atoms with van der Waals surface area (Å²) in [5.74, 6) is -1.76. The molecule has 0 N–H and O–H groups in total. The molecule has 8 heteroatoms. The summed E-state index contributed by atoms with van der Waals surface area (Å²) in [5, 5.41) is 11.7. The summed E-state index contributed by atoms with van der Waals surface area (Å²) in [4.78, 5) is 37.1. The van der Waals surface area contributed by atoms with Crippen molar-refractivity contribution in [1.82, 2.24) is 0 Å². The zero-order chi connectivity index (χ0) is 47.7. The number of allylic oxidation sites excluding steroid dienone is 10. The molecule has 0 aromatic rings. The Morgan fingerprint density at radius 1 is 0.462 bits per heavy atom. The molecule has 0 aliphatic rings. The molecule has 0 rings (SSSR count). The van der Waals surface area contributed by atoms with E-state index in [4.69, 9.17) is 14.2 Å². The minimum absolute atomic E-state index is 0.0303. The van der Waals surface area contributed by atoms with Gasteiger partial charge in [0.2, 0.25) is 0 Å². The molecule has 0 saturated carbocycles. The van der Waals surface area contributed by atoms with Crippen LogP contribution in [0.3, 0.4) is 0 Å². The van der Waals surface area contributed by atoms with Crippen LogP contribution in [0.1, 0.15) is 232 Å². The first-order chi connectivity index (χ1) is 31.6. The van der Waals surface area contributed by atoms with Gasteiger partial charge in [-0.05, 0) is 83.5 Å². The first-order valence-electron chi connectivity index (χ1n) is 26.8. The van der Waals surface area contributed by atoms with Gasteiger partial charge in [-0.1, -0.05) is 190 Å². The number of carboxylic acids is 1. The van der Waals surface area contributed by atoms with Crippen molar-refractivity contribution in [2.24, 2.45) is 0 Å². The lowest BCUT2D eigenvalue weighted by Crippen LogP contribution is -2.55. The summed E-state index contributed by atoms with van der Waals surface area (Å²) >= 11 is 0. The quantitative estimate of drug-likeness (QED) is 0.0259. The summed E-state index contributed by atoms with van der Waals surface area (Å²) in [6, 6.07) is -0.733. The lowest BCUT2D eigenvalue weighted by atomic mass is 10.1. The molecule has 0 amide bonds. The summed E-state index contributed by atoms with van der Waals surface area (Å²) in [7, 11) is 5.41. The van der Waals surface area contributed by atoms with E-state index >= 15 is 0 Å². The van der Waals surface area contributed by atoms with E-state index in [1.807, 2.05) is 0 Å². The average molecular weight is 912 g/mol. The third-order valence-electron chi connectivity index (χ3n) is 11.9. The van der Waals surface area contributed by atoms with E-state index in [2.05, 4.69) is 74.6 Å². The molecule has 0 heterocycles. The smallest absolute Gasteiger partial charge is 0.306 e. The molecule has 0 aliphatic carbocycles. The summed E-state index contributed by atoms with van der Waals surface area (Å²) in [5.41, 5.74) is 0. The minimum atomic E-state index is -1.13. The highest BCUT2D eigenvalue weighted by Crippen LogP contribution is 2.15. The van der Waals surface area contributed by atoms with Crippen molar-refractivity contribution in [2.75, 3.05) is 41.0 Å². The highest BCUT2D eigenvalue weighted by Gasteiger charge is 2.25. The number of unbranched alkanes of at least 4 members (excludes halogenated alkanes) is 24. The monoisotopic (exact) mass is 912 g/mol. The normalized spacial score (nSPS) is 13.3. The maximum absolute atomic E-state index is 12.8. The maximum Gasteiger partial charge on any atom is 0.306 e. The predicted molar refractivity (Wildman–Crippen MR) is 273 cm³/mol. The molecular formula is C57H101NO7. The average Bonchev–Trinajstić information content (AvgIpc) is 3.27. The molecule has 0 aromatic carbocycles.